The molecular formula is C16H19N5O. The molecule has 0 amide bonds. The number of pyridine rings is 1. The molecule has 1 fully saturated rings. The Hall–Kier alpha value is -2.21. The summed E-state index contributed by atoms with van der Waals surface area (Å²) in [4.78, 5) is 2.45. The first kappa shape index (κ1) is 13.5. The molecule has 0 radical (unpaired) electrons. The van der Waals surface area contributed by atoms with Gasteiger partial charge in [0.25, 0.3) is 0 Å². The van der Waals surface area contributed by atoms with Gasteiger partial charge in [0.1, 0.15) is 5.76 Å². The summed E-state index contributed by atoms with van der Waals surface area (Å²) in [6.45, 7) is 5.90. The minimum absolute atomic E-state index is 0.297. The lowest BCUT2D eigenvalue weighted by atomic mass is 10.1. The smallest absolute Gasteiger partial charge is 0.160 e. The number of hydrogen-bond acceptors (Lipinski definition) is 5. The topological polar surface area (TPSA) is 59.5 Å². The van der Waals surface area contributed by atoms with Crippen molar-refractivity contribution in [3.8, 4) is 0 Å². The average molecular weight is 297 g/mol. The monoisotopic (exact) mass is 297 g/mol. The van der Waals surface area contributed by atoms with Gasteiger partial charge in [0.2, 0.25) is 0 Å². The zero-order valence-electron chi connectivity index (χ0n) is 12.9. The van der Waals surface area contributed by atoms with Crippen LogP contribution >= 0.6 is 0 Å². The van der Waals surface area contributed by atoms with Crippen LogP contribution in [0.2, 0.25) is 0 Å². The SMILES string of the molecule is Cc1noc(C)c1CN1CCC[C@@H]1c1nnc2ccccn12. The average Bonchev–Trinajstić information content (AvgIpc) is 3.22. The molecule has 3 aromatic rings. The van der Waals surface area contributed by atoms with Crippen molar-refractivity contribution in [3.63, 3.8) is 0 Å². The first-order valence-electron chi connectivity index (χ1n) is 7.69. The lowest BCUT2D eigenvalue weighted by molar-refractivity contribution is 0.237. The van der Waals surface area contributed by atoms with E-state index < -0.39 is 0 Å². The van der Waals surface area contributed by atoms with Crippen LogP contribution in [-0.4, -0.2) is 31.2 Å². The lowest BCUT2D eigenvalue weighted by Crippen LogP contribution is -2.24. The summed E-state index contributed by atoms with van der Waals surface area (Å²) in [5.74, 6) is 1.94. The van der Waals surface area contributed by atoms with Gasteiger partial charge in [-0.2, -0.15) is 0 Å². The number of likely N-dealkylation sites (tertiary alicyclic amines) is 1. The van der Waals surface area contributed by atoms with E-state index in [-0.39, 0.29) is 0 Å². The highest BCUT2D eigenvalue weighted by atomic mass is 16.5. The van der Waals surface area contributed by atoms with Gasteiger partial charge >= 0.3 is 0 Å². The molecule has 6 nitrogen and oxygen atoms in total. The molecular weight excluding hydrogens is 278 g/mol. The summed E-state index contributed by atoms with van der Waals surface area (Å²) in [6.07, 6.45) is 4.33. The number of nitrogens with zero attached hydrogens (tertiary/aromatic N) is 5. The van der Waals surface area contributed by atoms with Crippen LogP contribution in [0.4, 0.5) is 0 Å². The Bertz CT molecular complexity index is 786. The Balaban J connectivity index is 1.66. The van der Waals surface area contributed by atoms with Crippen molar-refractivity contribution in [1.82, 2.24) is 24.7 Å². The van der Waals surface area contributed by atoms with E-state index in [2.05, 4.69) is 24.7 Å². The van der Waals surface area contributed by atoms with E-state index in [1.807, 2.05) is 38.2 Å². The predicted molar refractivity (Wildman–Crippen MR) is 81.3 cm³/mol. The zero-order chi connectivity index (χ0) is 15.1. The Morgan fingerprint density at radius 1 is 1.27 bits per heavy atom. The molecule has 4 rings (SSSR count). The highest BCUT2D eigenvalue weighted by Crippen LogP contribution is 2.33. The molecule has 3 aromatic heterocycles. The Morgan fingerprint density at radius 2 is 2.18 bits per heavy atom. The van der Waals surface area contributed by atoms with Gasteiger partial charge in [-0.25, -0.2) is 0 Å². The lowest BCUT2D eigenvalue weighted by Gasteiger charge is -2.23. The summed E-state index contributed by atoms with van der Waals surface area (Å²) in [5.41, 5.74) is 3.08. The standard InChI is InChI=1S/C16H19N5O/c1-11-13(12(2)22-19-11)10-20-8-5-6-14(20)16-18-17-15-7-3-4-9-21(15)16/h3-4,7,9,14H,5-6,8,10H2,1-2H3/t14-/m1/s1. The largest absolute Gasteiger partial charge is 0.361 e. The molecule has 0 N–H and O–H groups in total. The van der Waals surface area contributed by atoms with Crippen LogP contribution in [0, 0.1) is 13.8 Å². The molecule has 0 unspecified atom stereocenters. The second kappa shape index (κ2) is 5.21. The molecule has 0 aromatic carbocycles. The summed E-state index contributed by atoms with van der Waals surface area (Å²) in [6, 6.07) is 6.30. The molecule has 1 atom stereocenters. The van der Waals surface area contributed by atoms with Crippen LogP contribution in [0.5, 0.6) is 0 Å². The minimum Gasteiger partial charge on any atom is -0.361 e. The molecule has 0 spiro atoms. The van der Waals surface area contributed by atoms with E-state index in [1.54, 1.807) is 0 Å². The van der Waals surface area contributed by atoms with Crippen molar-refractivity contribution in [2.24, 2.45) is 0 Å². The highest BCUT2D eigenvalue weighted by molar-refractivity contribution is 5.37. The zero-order valence-corrected chi connectivity index (χ0v) is 12.9. The Kier molecular flexibility index (Phi) is 3.18. The van der Waals surface area contributed by atoms with Crippen LogP contribution in [0.15, 0.2) is 28.9 Å². The molecule has 114 valence electrons. The van der Waals surface area contributed by atoms with E-state index in [1.165, 1.54) is 12.0 Å². The normalized spacial score (nSPS) is 19.3. The minimum atomic E-state index is 0.297. The van der Waals surface area contributed by atoms with Crippen LogP contribution in [-0.2, 0) is 6.54 Å². The number of aryl methyl sites for hydroxylation is 2. The van der Waals surface area contributed by atoms with Crippen molar-refractivity contribution in [2.75, 3.05) is 6.54 Å². The molecule has 0 aliphatic carbocycles. The molecule has 1 aliphatic rings. The molecule has 1 saturated heterocycles. The third-order valence-corrected chi connectivity index (χ3v) is 4.54. The third kappa shape index (κ3) is 2.11. The van der Waals surface area contributed by atoms with Crippen LogP contribution < -0.4 is 0 Å². The molecule has 22 heavy (non-hydrogen) atoms. The molecule has 0 saturated carbocycles. The number of hydrogen-bond donors (Lipinski definition) is 0. The molecule has 1 aliphatic heterocycles. The molecule has 6 heteroatoms. The van der Waals surface area contributed by atoms with Crippen LogP contribution in [0.25, 0.3) is 5.65 Å². The van der Waals surface area contributed by atoms with Gasteiger partial charge in [0.05, 0.1) is 11.7 Å². The van der Waals surface area contributed by atoms with Gasteiger partial charge in [-0.1, -0.05) is 11.2 Å². The number of rotatable bonds is 3. The first-order chi connectivity index (χ1) is 10.7. The van der Waals surface area contributed by atoms with Crippen molar-refractivity contribution in [1.29, 1.82) is 0 Å². The van der Waals surface area contributed by atoms with E-state index in [9.17, 15) is 0 Å². The second-order valence-corrected chi connectivity index (χ2v) is 5.92. The maximum Gasteiger partial charge on any atom is 0.160 e. The Labute approximate surface area is 128 Å². The third-order valence-electron chi connectivity index (χ3n) is 4.54. The van der Waals surface area contributed by atoms with Gasteiger partial charge in [-0.3, -0.25) is 9.30 Å². The van der Waals surface area contributed by atoms with Crippen molar-refractivity contribution >= 4 is 5.65 Å². The van der Waals surface area contributed by atoms with E-state index >= 15 is 0 Å². The van der Waals surface area contributed by atoms with Gasteiger partial charge in [-0.05, 0) is 45.4 Å². The summed E-state index contributed by atoms with van der Waals surface area (Å²) >= 11 is 0. The molecule has 0 bridgehead atoms. The number of aromatic nitrogens is 4. The quantitative estimate of drug-likeness (QED) is 0.744. The fourth-order valence-electron chi connectivity index (χ4n) is 3.33. The van der Waals surface area contributed by atoms with Crippen molar-refractivity contribution in [3.05, 3.63) is 47.2 Å². The highest BCUT2D eigenvalue weighted by Gasteiger charge is 2.31. The number of fused-ring (bicyclic) bond motifs is 1. The van der Waals surface area contributed by atoms with Crippen molar-refractivity contribution in [2.45, 2.75) is 39.3 Å². The van der Waals surface area contributed by atoms with Gasteiger partial charge in [0, 0.05) is 18.3 Å². The van der Waals surface area contributed by atoms with Crippen LogP contribution in [0.1, 0.15) is 41.7 Å². The first-order valence-corrected chi connectivity index (χ1v) is 7.69. The van der Waals surface area contributed by atoms with Crippen molar-refractivity contribution < 1.29 is 4.52 Å². The second-order valence-electron chi connectivity index (χ2n) is 5.92. The fraction of sp³-hybridized carbons (Fsp3) is 0.438. The molecule has 4 heterocycles. The predicted octanol–water partition coefficient (Wildman–Crippen LogP) is 2.67. The fourth-order valence-corrected chi connectivity index (χ4v) is 3.33. The van der Waals surface area contributed by atoms with Gasteiger partial charge in [-0.15, -0.1) is 10.2 Å². The summed E-state index contributed by atoms with van der Waals surface area (Å²) < 4.78 is 7.39. The van der Waals surface area contributed by atoms with E-state index in [0.29, 0.717) is 6.04 Å². The Morgan fingerprint density at radius 3 is 3.00 bits per heavy atom. The van der Waals surface area contributed by atoms with E-state index in [4.69, 9.17) is 4.52 Å². The van der Waals surface area contributed by atoms with Crippen LogP contribution in [0.3, 0.4) is 0 Å². The summed E-state index contributed by atoms with van der Waals surface area (Å²) in [7, 11) is 0. The maximum atomic E-state index is 5.29. The van der Waals surface area contributed by atoms with Gasteiger partial charge < -0.3 is 4.52 Å². The van der Waals surface area contributed by atoms with Gasteiger partial charge in [0.15, 0.2) is 11.5 Å². The van der Waals surface area contributed by atoms with E-state index in [0.717, 1.165) is 42.4 Å². The summed E-state index contributed by atoms with van der Waals surface area (Å²) in [5, 5.41) is 12.8. The maximum absolute atomic E-state index is 5.29.